The van der Waals surface area contributed by atoms with Crippen molar-refractivity contribution in [3.8, 4) is 11.8 Å². The molecule has 1 rings (SSSR count). The minimum atomic E-state index is -1.01. The Balaban J connectivity index is 3.03. The van der Waals surface area contributed by atoms with Crippen molar-refractivity contribution in [2.45, 2.75) is 6.42 Å². The molecular weight excluding hydrogens is 188 g/mol. The van der Waals surface area contributed by atoms with Gasteiger partial charge >= 0.3 is 0 Å². The lowest BCUT2D eigenvalue weighted by Crippen LogP contribution is -1.84. The van der Waals surface area contributed by atoms with Crippen molar-refractivity contribution in [1.82, 2.24) is 0 Å². The van der Waals surface area contributed by atoms with Gasteiger partial charge in [0.25, 0.3) is 0 Å². The largest absolute Gasteiger partial charge is 0.504 e. The van der Waals surface area contributed by atoms with Crippen LogP contribution in [-0.2, 0) is 0 Å². The normalized spacial score (nSPS) is 10.4. The summed E-state index contributed by atoms with van der Waals surface area (Å²) in [6.07, 6.45) is 2.83. The van der Waals surface area contributed by atoms with Gasteiger partial charge in [-0.3, -0.25) is 0 Å². The van der Waals surface area contributed by atoms with E-state index in [2.05, 4.69) is 0 Å². The summed E-state index contributed by atoms with van der Waals surface area (Å²) in [5.41, 5.74) is 0.0257. The van der Waals surface area contributed by atoms with Crippen LogP contribution in [-0.4, -0.2) is 5.11 Å². The first-order chi connectivity index (χ1) is 6.65. The zero-order chi connectivity index (χ0) is 10.6. The van der Waals surface area contributed by atoms with E-state index in [9.17, 15) is 8.78 Å². The van der Waals surface area contributed by atoms with Gasteiger partial charge < -0.3 is 5.11 Å². The number of hydrogen-bond acceptors (Lipinski definition) is 2. The molecule has 0 aliphatic rings. The minimum Gasteiger partial charge on any atom is -0.504 e. The zero-order valence-electron chi connectivity index (χ0n) is 7.17. The highest BCUT2D eigenvalue weighted by atomic mass is 19.1. The molecule has 4 heteroatoms. The van der Waals surface area contributed by atoms with Crippen molar-refractivity contribution in [1.29, 1.82) is 5.26 Å². The number of benzene rings is 1. The molecule has 0 fully saturated rings. The number of allylic oxidation sites excluding steroid dienone is 1. The number of hydrogen-bond donors (Lipinski definition) is 1. The molecule has 0 radical (unpaired) electrons. The molecule has 0 atom stereocenters. The summed E-state index contributed by atoms with van der Waals surface area (Å²) in [6.45, 7) is 0. The van der Waals surface area contributed by atoms with Crippen LogP contribution in [0.5, 0.6) is 5.75 Å². The summed E-state index contributed by atoms with van der Waals surface area (Å²) in [4.78, 5) is 0. The van der Waals surface area contributed by atoms with E-state index >= 15 is 0 Å². The summed E-state index contributed by atoms with van der Waals surface area (Å²) in [7, 11) is 0. The Morgan fingerprint density at radius 3 is 2.79 bits per heavy atom. The first-order valence-corrected chi connectivity index (χ1v) is 3.86. The third kappa shape index (κ3) is 2.30. The van der Waals surface area contributed by atoms with E-state index in [1.165, 1.54) is 12.2 Å². The minimum absolute atomic E-state index is 0.0257. The van der Waals surface area contributed by atoms with Gasteiger partial charge in [0.15, 0.2) is 11.6 Å². The number of halogens is 2. The molecule has 0 saturated carbocycles. The van der Waals surface area contributed by atoms with E-state index < -0.39 is 17.4 Å². The second-order valence-corrected chi connectivity index (χ2v) is 2.59. The molecule has 0 spiro atoms. The fraction of sp³-hybridized carbons (Fsp3) is 0.100. The SMILES string of the molecule is N#CCC=Cc1cc(F)cc(F)c1O. The monoisotopic (exact) mass is 195 g/mol. The highest BCUT2D eigenvalue weighted by Gasteiger charge is 2.06. The van der Waals surface area contributed by atoms with E-state index in [1.807, 2.05) is 6.07 Å². The predicted molar refractivity (Wildman–Crippen MR) is 47.3 cm³/mol. The van der Waals surface area contributed by atoms with Gasteiger partial charge in [-0.05, 0) is 6.07 Å². The lowest BCUT2D eigenvalue weighted by atomic mass is 10.1. The van der Waals surface area contributed by atoms with Crippen molar-refractivity contribution in [2.24, 2.45) is 0 Å². The number of phenols is 1. The van der Waals surface area contributed by atoms with Crippen LogP contribution >= 0.6 is 0 Å². The molecule has 0 amide bonds. The molecule has 1 aromatic rings. The van der Waals surface area contributed by atoms with Gasteiger partial charge in [-0.2, -0.15) is 5.26 Å². The van der Waals surface area contributed by atoms with Crippen molar-refractivity contribution >= 4 is 6.08 Å². The Labute approximate surface area is 79.7 Å². The fourth-order valence-corrected chi connectivity index (χ4v) is 0.952. The molecule has 2 nitrogen and oxygen atoms in total. The lowest BCUT2D eigenvalue weighted by Gasteiger charge is -2.00. The van der Waals surface area contributed by atoms with Gasteiger partial charge in [-0.15, -0.1) is 0 Å². The van der Waals surface area contributed by atoms with Crippen LogP contribution in [0.15, 0.2) is 18.2 Å². The van der Waals surface area contributed by atoms with Gasteiger partial charge in [0, 0.05) is 11.6 Å². The molecule has 72 valence electrons. The van der Waals surface area contributed by atoms with E-state index in [4.69, 9.17) is 10.4 Å². The second-order valence-electron chi connectivity index (χ2n) is 2.59. The van der Waals surface area contributed by atoms with Gasteiger partial charge in [0.05, 0.1) is 12.5 Å². The van der Waals surface area contributed by atoms with E-state index in [1.54, 1.807) is 0 Å². The van der Waals surface area contributed by atoms with Gasteiger partial charge in [-0.25, -0.2) is 8.78 Å². The number of aromatic hydroxyl groups is 1. The van der Waals surface area contributed by atoms with Crippen molar-refractivity contribution < 1.29 is 13.9 Å². The average molecular weight is 195 g/mol. The molecular formula is C10H7F2NO. The maximum absolute atomic E-state index is 12.8. The third-order valence-corrected chi connectivity index (χ3v) is 1.56. The Morgan fingerprint density at radius 1 is 1.43 bits per heavy atom. The topological polar surface area (TPSA) is 44.0 Å². The van der Waals surface area contributed by atoms with Crippen LogP contribution in [0.25, 0.3) is 6.08 Å². The Bertz CT molecular complexity index is 407. The smallest absolute Gasteiger partial charge is 0.168 e. The molecule has 0 aliphatic heterocycles. The van der Waals surface area contributed by atoms with Crippen LogP contribution in [0.4, 0.5) is 8.78 Å². The number of phenolic OH excluding ortho intramolecular Hbond substituents is 1. The third-order valence-electron chi connectivity index (χ3n) is 1.56. The molecule has 14 heavy (non-hydrogen) atoms. The molecule has 0 unspecified atom stereocenters. The molecule has 0 aromatic heterocycles. The zero-order valence-corrected chi connectivity index (χ0v) is 7.17. The van der Waals surface area contributed by atoms with Crippen LogP contribution in [0, 0.1) is 23.0 Å². The lowest BCUT2D eigenvalue weighted by molar-refractivity contribution is 0.426. The Morgan fingerprint density at radius 2 is 2.14 bits per heavy atom. The summed E-state index contributed by atoms with van der Waals surface area (Å²) < 4.78 is 25.4. The molecule has 0 heterocycles. The number of rotatable bonds is 2. The van der Waals surface area contributed by atoms with E-state index in [-0.39, 0.29) is 12.0 Å². The predicted octanol–water partition coefficient (Wildman–Crippen LogP) is 2.60. The van der Waals surface area contributed by atoms with Crippen LogP contribution in [0.3, 0.4) is 0 Å². The second kappa shape index (κ2) is 4.38. The van der Waals surface area contributed by atoms with Gasteiger partial charge in [0.1, 0.15) is 5.82 Å². The van der Waals surface area contributed by atoms with Crippen LogP contribution in [0.1, 0.15) is 12.0 Å². The maximum Gasteiger partial charge on any atom is 0.168 e. The van der Waals surface area contributed by atoms with Crippen molar-refractivity contribution in [3.05, 3.63) is 35.4 Å². The summed E-state index contributed by atoms with van der Waals surface area (Å²) >= 11 is 0. The number of nitrogens with zero attached hydrogens (tertiary/aromatic N) is 1. The Kier molecular flexibility index (Phi) is 3.19. The standard InChI is InChI=1S/C10H7F2NO/c11-8-5-7(3-1-2-4-13)10(14)9(12)6-8/h1,3,5-6,14H,2H2. The van der Waals surface area contributed by atoms with Gasteiger partial charge in [0.2, 0.25) is 0 Å². The maximum atomic E-state index is 12.8. The highest BCUT2D eigenvalue weighted by Crippen LogP contribution is 2.23. The first kappa shape index (κ1) is 10.2. The summed E-state index contributed by atoms with van der Waals surface area (Å²) in [6, 6.07) is 3.42. The fourth-order valence-electron chi connectivity index (χ4n) is 0.952. The van der Waals surface area contributed by atoms with Gasteiger partial charge in [-0.1, -0.05) is 12.2 Å². The highest BCUT2D eigenvalue weighted by molar-refractivity contribution is 5.57. The van der Waals surface area contributed by atoms with Crippen LogP contribution < -0.4 is 0 Å². The van der Waals surface area contributed by atoms with Crippen molar-refractivity contribution in [2.75, 3.05) is 0 Å². The molecule has 1 N–H and O–H groups in total. The first-order valence-electron chi connectivity index (χ1n) is 3.86. The number of nitriles is 1. The van der Waals surface area contributed by atoms with E-state index in [0.29, 0.717) is 6.07 Å². The molecule has 1 aromatic carbocycles. The molecule has 0 saturated heterocycles. The quantitative estimate of drug-likeness (QED) is 0.788. The van der Waals surface area contributed by atoms with E-state index in [0.717, 1.165) is 6.07 Å². The summed E-state index contributed by atoms with van der Waals surface area (Å²) in [5, 5.41) is 17.4. The molecule has 0 aliphatic carbocycles. The van der Waals surface area contributed by atoms with Crippen molar-refractivity contribution in [3.63, 3.8) is 0 Å². The summed E-state index contributed by atoms with van der Waals surface area (Å²) in [5.74, 6) is -2.39. The van der Waals surface area contributed by atoms with Crippen LogP contribution in [0.2, 0.25) is 0 Å². The Hall–Kier alpha value is -1.89. The average Bonchev–Trinajstić information content (AvgIpc) is 2.13. The molecule has 0 bridgehead atoms.